The zero-order chi connectivity index (χ0) is 18.7. The number of rotatable bonds is 6. The molecular formula is C20H19ClN2O3. The van der Waals surface area contributed by atoms with Crippen LogP contribution in [0.3, 0.4) is 0 Å². The van der Waals surface area contributed by atoms with Crippen molar-refractivity contribution in [3.8, 4) is 0 Å². The van der Waals surface area contributed by atoms with Gasteiger partial charge >= 0.3 is 5.97 Å². The van der Waals surface area contributed by atoms with Crippen LogP contribution >= 0.6 is 11.6 Å². The van der Waals surface area contributed by atoms with Gasteiger partial charge in [-0.3, -0.25) is 4.79 Å². The molecule has 26 heavy (non-hydrogen) atoms. The molecule has 0 spiro atoms. The minimum Gasteiger partial charge on any atom is -0.477 e. The van der Waals surface area contributed by atoms with E-state index in [0.717, 1.165) is 6.42 Å². The topological polar surface area (TPSA) is 71.3 Å². The van der Waals surface area contributed by atoms with Gasteiger partial charge in [-0.25, -0.2) is 4.79 Å². The predicted octanol–water partition coefficient (Wildman–Crippen LogP) is 4.03. The number of pyridine rings is 1. The molecule has 5 nitrogen and oxygen atoms in total. The summed E-state index contributed by atoms with van der Waals surface area (Å²) in [4.78, 5) is 23.9. The first-order chi connectivity index (χ1) is 12.5. The van der Waals surface area contributed by atoms with Crippen LogP contribution in [0.25, 0.3) is 10.9 Å². The van der Waals surface area contributed by atoms with Crippen molar-refractivity contribution in [3.63, 3.8) is 0 Å². The molecule has 6 heteroatoms. The molecule has 0 bridgehead atoms. The molecule has 0 fully saturated rings. The first kappa shape index (κ1) is 18.0. The molecule has 0 atom stereocenters. The van der Waals surface area contributed by atoms with E-state index in [-0.39, 0.29) is 5.56 Å². The Kier molecular flexibility index (Phi) is 5.28. The molecule has 0 aliphatic carbocycles. The second kappa shape index (κ2) is 7.62. The third-order valence-electron chi connectivity index (χ3n) is 4.31. The second-order valence-corrected chi connectivity index (χ2v) is 6.38. The van der Waals surface area contributed by atoms with Gasteiger partial charge in [-0.05, 0) is 31.0 Å². The smallest absolute Gasteiger partial charge is 0.341 e. The van der Waals surface area contributed by atoms with Crippen LogP contribution in [0.5, 0.6) is 0 Å². The third-order valence-corrected chi connectivity index (χ3v) is 4.62. The molecule has 0 amide bonds. The van der Waals surface area contributed by atoms with E-state index in [9.17, 15) is 14.7 Å². The highest BCUT2D eigenvalue weighted by Gasteiger charge is 2.16. The summed E-state index contributed by atoms with van der Waals surface area (Å²) in [5, 5.41) is 13.4. The molecule has 0 saturated carbocycles. The molecule has 3 aromatic rings. The van der Waals surface area contributed by atoms with E-state index in [2.05, 4.69) is 5.32 Å². The zero-order valence-corrected chi connectivity index (χ0v) is 15.1. The first-order valence-electron chi connectivity index (χ1n) is 8.39. The summed E-state index contributed by atoms with van der Waals surface area (Å²) in [6.45, 7) is 3.07. The normalized spacial score (nSPS) is 10.8. The maximum atomic E-state index is 12.5. The highest BCUT2D eigenvalue weighted by Crippen LogP contribution is 2.27. The summed E-state index contributed by atoms with van der Waals surface area (Å²) in [7, 11) is 0. The van der Waals surface area contributed by atoms with Gasteiger partial charge in [-0.2, -0.15) is 0 Å². The number of aromatic nitrogens is 1. The summed E-state index contributed by atoms with van der Waals surface area (Å²) in [5.74, 6) is -1.23. The third kappa shape index (κ3) is 3.58. The van der Waals surface area contributed by atoms with E-state index in [1.54, 1.807) is 16.7 Å². The van der Waals surface area contributed by atoms with E-state index in [1.165, 1.54) is 11.8 Å². The van der Waals surface area contributed by atoms with Crippen LogP contribution in [-0.2, 0) is 13.0 Å². The van der Waals surface area contributed by atoms with Crippen molar-refractivity contribution in [1.29, 1.82) is 0 Å². The number of anilines is 1. The minimum absolute atomic E-state index is 0.239. The van der Waals surface area contributed by atoms with Gasteiger partial charge in [0.05, 0.1) is 16.2 Å². The monoisotopic (exact) mass is 370 g/mol. The molecule has 1 heterocycles. The highest BCUT2D eigenvalue weighted by molar-refractivity contribution is 6.34. The van der Waals surface area contributed by atoms with Crippen molar-refractivity contribution in [2.45, 2.75) is 19.9 Å². The Bertz CT molecular complexity index is 1010. The molecule has 0 aliphatic rings. The molecule has 0 saturated heterocycles. The fourth-order valence-corrected chi connectivity index (χ4v) is 3.17. The van der Waals surface area contributed by atoms with Gasteiger partial charge in [0.25, 0.3) is 0 Å². The summed E-state index contributed by atoms with van der Waals surface area (Å²) in [6.07, 6.45) is 2.18. The Hall–Kier alpha value is -2.79. The molecule has 0 aliphatic heterocycles. The van der Waals surface area contributed by atoms with Gasteiger partial charge in [-0.15, -0.1) is 0 Å². The number of fused-ring (bicyclic) bond motifs is 1. The second-order valence-electron chi connectivity index (χ2n) is 5.97. The number of carboxylic acid groups (broad SMARTS) is 1. The highest BCUT2D eigenvalue weighted by atomic mass is 35.5. The van der Waals surface area contributed by atoms with E-state index < -0.39 is 11.4 Å². The van der Waals surface area contributed by atoms with Gasteiger partial charge in [0, 0.05) is 24.7 Å². The van der Waals surface area contributed by atoms with Crippen molar-refractivity contribution in [1.82, 2.24) is 4.57 Å². The fourth-order valence-electron chi connectivity index (χ4n) is 2.95. The maximum Gasteiger partial charge on any atom is 0.341 e. The number of carboxylic acids is 1. The van der Waals surface area contributed by atoms with E-state index in [4.69, 9.17) is 11.6 Å². The van der Waals surface area contributed by atoms with Crippen LogP contribution in [0.4, 0.5) is 5.69 Å². The number of aromatic carboxylic acids is 1. The average Bonchev–Trinajstić information content (AvgIpc) is 2.63. The Morgan fingerprint density at radius 1 is 1.23 bits per heavy atom. The lowest BCUT2D eigenvalue weighted by Gasteiger charge is -2.14. The Labute approximate surface area is 155 Å². The van der Waals surface area contributed by atoms with Crippen molar-refractivity contribution in [3.05, 3.63) is 75.0 Å². The van der Waals surface area contributed by atoms with Gasteiger partial charge in [0.2, 0.25) is 5.43 Å². The molecule has 2 aromatic carbocycles. The van der Waals surface area contributed by atoms with Crippen LogP contribution in [0, 0.1) is 0 Å². The molecule has 0 unspecified atom stereocenters. The van der Waals surface area contributed by atoms with Crippen molar-refractivity contribution in [2.24, 2.45) is 0 Å². The summed E-state index contributed by atoms with van der Waals surface area (Å²) in [6, 6.07) is 13.4. The van der Waals surface area contributed by atoms with E-state index >= 15 is 0 Å². The van der Waals surface area contributed by atoms with Gasteiger partial charge < -0.3 is 15.0 Å². The number of benzene rings is 2. The predicted molar refractivity (Wildman–Crippen MR) is 104 cm³/mol. The molecule has 0 radical (unpaired) electrons. The van der Waals surface area contributed by atoms with Crippen LogP contribution in [0.2, 0.25) is 5.02 Å². The standard InChI is InChI=1S/C20H19ClN2O3/c1-2-23-12-15(20(25)26)19(24)14-10-17(16(21)11-18(14)23)22-9-8-13-6-4-3-5-7-13/h3-7,10-12,22H,2,8-9H2,1H3,(H,25,26). The van der Waals surface area contributed by atoms with Crippen molar-refractivity contribution < 1.29 is 9.90 Å². The quantitative estimate of drug-likeness (QED) is 0.687. The molecule has 134 valence electrons. The number of halogens is 1. The number of nitrogens with one attached hydrogen (secondary N) is 1. The van der Waals surface area contributed by atoms with Crippen LogP contribution in [-0.4, -0.2) is 22.2 Å². The molecular weight excluding hydrogens is 352 g/mol. The Morgan fingerprint density at radius 2 is 1.96 bits per heavy atom. The largest absolute Gasteiger partial charge is 0.477 e. The molecule has 1 aromatic heterocycles. The maximum absolute atomic E-state index is 12.5. The summed E-state index contributed by atoms with van der Waals surface area (Å²) < 4.78 is 1.72. The van der Waals surface area contributed by atoms with Crippen LogP contribution in [0.15, 0.2) is 53.5 Å². The number of carbonyl (C=O) groups is 1. The molecule has 2 N–H and O–H groups in total. The van der Waals surface area contributed by atoms with Crippen LogP contribution in [0.1, 0.15) is 22.8 Å². The van der Waals surface area contributed by atoms with Gasteiger partial charge in [0.15, 0.2) is 0 Å². The molecule has 3 rings (SSSR count). The van der Waals surface area contributed by atoms with Crippen molar-refractivity contribution in [2.75, 3.05) is 11.9 Å². The number of hydrogen-bond donors (Lipinski definition) is 2. The zero-order valence-electron chi connectivity index (χ0n) is 14.3. The van der Waals surface area contributed by atoms with Crippen molar-refractivity contribution >= 4 is 34.2 Å². The van der Waals surface area contributed by atoms with E-state index in [0.29, 0.717) is 34.7 Å². The number of aryl methyl sites for hydroxylation is 1. The number of nitrogens with zero attached hydrogens (tertiary/aromatic N) is 1. The van der Waals surface area contributed by atoms with E-state index in [1.807, 2.05) is 37.3 Å². The number of hydrogen-bond acceptors (Lipinski definition) is 3. The Balaban J connectivity index is 1.96. The fraction of sp³-hybridized carbons (Fsp3) is 0.200. The SMILES string of the molecule is CCn1cc(C(=O)O)c(=O)c2cc(NCCc3ccccc3)c(Cl)cc21. The van der Waals surface area contributed by atoms with Gasteiger partial charge in [-0.1, -0.05) is 41.9 Å². The van der Waals surface area contributed by atoms with Crippen LogP contribution < -0.4 is 10.7 Å². The first-order valence-corrected chi connectivity index (χ1v) is 8.77. The lowest BCUT2D eigenvalue weighted by molar-refractivity contribution is 0.0695. The van der Waals surface area contributed by atoms with Gasteiger partial charge in [0.1, 0.15) is 5.56 Å². The summed E-state index contributed by atoms with van der Waals surface area (Å²) >= 11 is 6.37. The average molecular weight is 371 g/mol. The Morgan fingerprint density at radius 3 is 2.62 bits per heavy atom. The summed E-state index contributed by atoms with van der Waals surface area (Å²) in [5.41, 5.74) is 1.70. The lowest BCUT2D eigenvalue weighted by atomic mass is 10.1. The minimum atomic E-state index is -1.23. The lowest BCUT2D eigenvalue weighted by Crippen LogP contribution is -2.19.